The molecule has 2 aromatic rings. The van der Waals surface area contributed by atoms with E-state index in [1.807, 2.05) is 24.5 Å². The summed E-state index contributed by atoms with van der Waals surface area (Å²) in [6.45, 7) is 5.42. The van der Waals surface area contributed by atoms with Crippen LogP contribution in [0, 0.1) is 0 Å². The van der Waals surface area contributed by atoms with E-state index in [4.69, 9.17) is 9.84 Å². The average molecular weight is 505 g/mol. The van der Waals surface area contributed by atoms with Gasteiger partial charge in [0.2, 0.25) is 0 Å². The van der Waals surface area contributed by atoms with Crippen molar-refractivity contribution >= 4 is 41.1 Å². The Morgan fingerprint density at radius 3 is 2.44 bits per heavy atom. The molecule has 0 spiro atoms. The summed E-state index contributed by atoms with van der Waals surface area (Å²) in [7, 11) is 0. The molecule has 186 valence electrons. The van der Waals surface area contributed by atoms with E-state index in [1.165, 1.54) is 0 Å². The molecule has 0 atom stereocenters. The molecule has 3 N–H and O–H groups in total. The number of aromatic hydroxyl groups is 1. The Morgan fingerprint density at radius 1 is 1.18 bits per heavy atom. The fraction of sp³-hybridized carbons (Fsp3) is 0.500. The number of carboxylic acids is 1. The number of ether oxygens (including phenoxy) is 1. The number of thioether (sulfide) groups is 1. The van der Waals surface area contributed by atoms with Gasteiger partial charge in [-0.15, -0.1) is 11.8 Å². The lowest BCUT2D eigenvalue weighted by molar-refractivity contribution is -0.137. The number of phenolic OH excluding ortho intramolecular Hbond substituents is 1. The summed E-state index contributed by atoms with van der Waals surface area (Å²) >= 11 is 3.24. The van der Waals surface area contributed by atoms with Crippen molar-refractivity contribution in [3.63, 3.8) is 0 Å². The molecule has 0 aromatic heterocycles. The van der Waals surface area contributed by atoms with Crippen LogP contribution in [-0.2, 0) is 4.79 Å². The van der Waals surface area contributed by atoms with E-state index >= 15 is 0 Å². The Labute approximate surface area is 211 Å². The van der Waals surface area contributed by atoms with Crippen LogP contribution in [0.25, 0.3) is 0 Å². The van der Waals surface area contributed by atoms with Crippen LogP contribution in [0.3, 0.4) is 0 Å². The molecule has 0 amide bonds. The summed E-state index contributed by atoms with van der Waals surface area (Å²) in [4.78, 5) is 15.3. The third-order valence-electron chi connectivity index (χ3n) is 6.13. The Bertz CT molecular complexity index is 945. The molecule has 1 heterocycles. The van der Waals surface area contributed by atoms with Crippen molar-refractivity contribution in [2.45, 2.75) is 74.1 Å². The van der Waals surface area contributed by atoms with E-state index in [-0.39, 0.29) is 24.3 Å². The molecular weight excluding hydrogens is 468 g/mol. The van der Waals surface area contributed by atoms with Gasteiger partial charge in [-0.3, -0.25) is 9.52 Å². The molecule has 0 bridgehead atoms. The minimum atomic E-state index is -0.869. The van der Waals surface area contributed by atoms with Crippen molar-refractivity contribution in [1.82, 2.24) is 4.72 Å². The zero-order valence-corrected chi connectivity index (χ0v) is 21.9. The third-order valence-corrected chi connectivity index (χ3v) is 7.97. The smallest absolute Gasteiger partial charge is 0.306 e. The van der Waals surface area contributed by atoms with Crippen LogP contribution in [-0.4, -0.2) is 41.1 Å². The monoisotopic (exact) mass is 504 g/mol. The zero-order valence-electron chi connectivity index (χ0n) is 20.3. The van der Waals surface area contributed by atoms with Crippen molar-refractivity contribution < 1.29 is 19.7 Å². The molecule has 34 heavy (non-hydrogen) atoms. The van der Waals surface area contributed by atoms with Gasteiger partial charge in [0.15, 0.2) is 0 Å². The lowest BCUT2D eigenvalue weighted by Crippen LogP contribution is -2.49. The van der Waals surface area contributed by atoms with Gasteiger partial charge in [0, 0.05) is 17.8 Å². The van der Waals surface area contributed by atoms with Gasteiger partial charge >= 0.3 is 5.97 Å². The van der Waals surface area contributed by atoms with Crippen LogP contribution < -0.4 is 14.4 Å². The maximum absolute atomic E-state index is 11.0. The minimum Gasteiger partial charge on any atom is -0.508 e. The summed E-state index contributed by atoms with van der Waals surface area (Å²) in [6.07, 6.45) is 8.72. The lowest BCUT2D eigenvalue weighted by Gasteiger charge is -2.38. The first-order valence-corrected chi connectivity index (χ1v) is 14.0. The molecule has 0 aliphatic carbocycles. The fourth-order valence-electron chi connectivity index (χ4n) is 4.21. The highest BCUT2D eigenvalue weighted by Gasteiger charge is 2.36. The van der Waals surface area contributed by atoms with Crippen molar-refractivity contribution in [2.24, 2.45) is 0 Å². The maximum atomic E-state index is 11.0. The van der Waals surface area contributed by atoms with Crippen LogP contribution >= 0.6 is 23.7 Å². The van der Waals surface area contributed by atoms with Crippen molar-refractivity contribution in [3.8, 4) is 11.5 Å². The number of hydrogen-bond acceptors (Lipinski definition) is 7. The van der Waals surface area contributed by atoms with Crippen LogP contribution in [0.15, 0.2) is 46.2 Å². The SMILES string of the molecule is CCCCC1(CCCC)CN(c2ccc(O)cc2)c2cc(SC)c(OCCC(=O)O)cc2SN1. The van der Waals surface area contributed by atoms with E-state index < -0.39 is 5.97 Å². The Balaban J connectivity index is 2.05. The highest BCUT2D eigenvalue weighted by atomic mass is 32.2. The van der Waals surface area contributed by atoms with Gasteiger partial charge in [-0.05, 0) is 67.4 Å². The van der Waals surface area contributed by atoms with Gasteiger partial charge in [-0.2, -0.15) is 0 Å². The van der Waals surface area contributed by atoms with Crippen LogP contribution in [0.5, 0.6) is 11.5 Å². The Kier molecular flexibility index (Phi) is 9.85. The number of fused-ring (bicyclic) bond motifs is 1. The van der Waals surface area contributed by atoms with Gasteiger partial charge in [-0.25, -0.2) is 0 Å². The number of carbonyl (C=O) groups is 1. The molecule has 1 aliphatic heterocycles. The maximum Gasteiger partial charge on any atom is 0.306 e. The number of nitrogens with one attached hydrogen (secondary N) is 1. The fourth-order valence-corrected chi connectivity index (χ4v) is 5.79. The second kappa shape index (κ2) is 12.6. The summed E-state index contributed by atoms with van der Waals surface area (Å²) in [5.41, 5.74) is 2.07. The molecule has 8 heteroatoms. The molecule has 3 rings (SSSR count). The summed E-state index contributed by atoms with van der Waals surface area (Å²) in [6, 6.07) is 11.6. The number of benzene rings is 2. The number of hydrogen-bond donors (Lipinski definition) is 3. The highest BCUT2D eigenvalue weighted by molar-refractivity contribution is 7.98. The van der Waals surface area contributed by atoms with E-state index in [0.29, 0.717) is 5.75 Å². The second-order valence-electron chi connectivity index (χ2n) is 8.76. The number of anilines is 2. The van der Waals surface area contributed by atoms with Gasteiger partial charge in [0.25, 0.3) is 0 Å². The van der Waals surface area contributed by atoms with Gasteiger partial charge in [-0.1, -0.05) is 39.5 Å². The molecular formula is C26H36N2O4S2. The molecule has 1 aliphatic rings. The van der Waals surface area contributed by atoms with Gasteiger partial charge < -0.3 is 19.8 Å². The largest absolute Gasteiger partial charge is 0.508 e. The normalized spacial score (nSPS) is 15.0. The van der Waals surface area contributed by atoms with Crippen LogP contribution in [0.4, 0.5) is 11.4 Å². The molecule has 6 nitrogen and oxygen atoms in total. The number of phenols is 1. The average Bonchev–Trinajstić information content (AvgIpc) is 2.98. The summed E-state index contributed by atoms with van der Waals surface area (Å²) in [5.74, 6) is 0.0928. The topological polar surface area (TPSA) is 82.0 Å². The molecule has 0 saturated carbocycles. The van der Waals surface area contributed by atoms with Gasteiger partial charge in [0.1, 0.15) is 11.5 Å². The Hall–Kier alpha value is -2.03. The van der Waals surface area contributed by atoms with E-state index in [1.54, 1.807) is 35.8 Å². The predicted octanol–water partition coefficient (Wildman–Crippen LogP) is 6.84. The van der Waals surface area contributed by atoms with E-state index in [2.05, 4.69) is 29.5 Å². The molecule has 0 unspecified atom stereocenters. The minimum absolute atomic E-state index is 0.0346. The molecule has 2 aromatic carbocycles. The first-order chi connectivity index (χ1) is 16.4. The molecule has 0 radical (unpaired) electrons. The van der Waals surface area contributed by atoms with E-state index in [9.17, 15) is 9.90 Å². The van der Waals surface area contributed by atoms with Crippen molar-refractivity contribution in [3.05, 3.63) is 36.4 Å². The first kappa shape index (κ1) is 26.6. The highest BCUT2D eigenvalue weighted by Crippen LogP contribution is 2.46. The predicted molar refractivity (Wildman–Crippen MR) is 142 cm³/mol. The lowest BCUT2D eigenvalue weighted by atomic mass is 9.87. The number of rotatable bonds is 12. The third kappa shape index (κ3) is 6.77. The zero-order chi connectivity index (χ0) is 24.6. The Morgan fingerprint density at radius 2 is 1.85 bits per heavy atom. The number of carboxylic acid groups (broad SMARTS) is 1. The van der Waals surface area contributed by atoms with Crippen LogP contribution in [0.1, 0.15) is 58.8 Å². The first-order valence-electron chi connectivity index (χ1n) is 12.0. The number of nitrogens with zero attached hydrogens (tertiary/aromatic N) is 1. The quantitative estimate of drug-likeness (QED) is 0.214. The summed E-state index contributed by atoms with van der Waals surface area (Å²) < 4.78 is 9.73. The molecule has 0 fully saturated rings. The summed E-state index contributed by atoms with van der Waals surface area (Å²) in [5, 5.41) is 18.9. The van der Waals surface area contributed by atoms with Crippen LogP contribution in [0.2, 0.25) is 0 Å². The van der Waals surface area contributed by atoms with Crippen molar-refractivity contribution in [1.29, 1.82) is 0 Å². The van der Waals surface area contributed by atoms with Crippen molar-refractivity contribution in [2.75, 3.05) is 24.3 Å². The van der Waals surface area contributed by atoms with Gasteiger partial charge in [0.05, 0.1) is 28.5 Å². The van der Waals surface area contributed by atoms with E-state index in [0.717, 1.165) is 66.2 Å². The number of unbranched alkanes of at least 4 members (excludes halogenated alkanes) is 2. The molecule has 0 saturated heterocycles. The number of aliphatic carboxylic acids is 1. The second-order valence-corrected chi connectivity index (χ2v) is 10.5. The standard InChI is InChI=1S/C26H36N2O4S2/c1-4-6-13-26(14-7-5-2)18-28(19-8-10-20(29)11-9-19)21-16-24(33-3)22(17-23(21)34-27-26)32-15-12-25(30)31/h8-11,16-17,27,29H,4-7,12-15,18H2,1-3H3,(H,30,31).